The Balaban J connectivity index is 1.41. The predicted molar refractivity (Wildman–Crippen MR) is 203 cm³/mol. The van der Waals surface area contributed by atoms with Gasteiger partial charge in [0.2, 0.25) is 0 Å². The maximum Gasteiger partial charge on any atom is 0.0540 e. The molecule has 6 aromatic carbocycles. The lowest BCUT2D eigenvalue weighted by molar-refractivity contribution is 0.849. The van der Waals surface area contributed by atoms with Crippen LogP contribution in [0.2, 0.25) is 0 Å². The van der Waals surface area contributed by atoms with Gasteiger partial charge in [-0.2, -0.15) is 0 Å². The summed E-state index contributed by atoms with van der Waals surface area (Å²) in [5, 5.41) is 2.59. The van der Waals surface area contributed by atoms with Crippen molar-refractivity contribution in [3.05, 3.63) is 195 Å². The molecule has 48 heavy (non-hydrogen) atoms. The molecule has 0 fully saturated rings. The molecular formula is C46H40N2. The molecule has 234 valence electrons. The number of anilines is 4. The highest BCUT2D eigenvalue weighted by Crippen LogP contribution is 2.48. The van der Waals surface area contributed by atoms with Crippen molar-refractivity contribution < 1.29 is 0 Å². The average Bonchev–Trinajstić information content (AvgIpc) is 3.12. The van der Waals surface area contributed by atoms with Crippen LogP contribution in [0.4, 0.5) is 22.7 Å². The van der Waals surface area contributed by atoms with Gasteiger partial charge in [-0.1, -0.05) is 119 Å². The summed E-state index contributed by atoms with van der Waals surface area (Å²) in [6, 6.07) is 53.8. The SMILES string of the molecule is Cc1ccc(N(C2=CC3=c4ccccc4=C(N(c4ccc(C)cc4)c4ccc(C)cc4)CC3c3ccccc32)c2ccc(C)cc2)cc1. The molecule has 0 radical (unpaired) electrons. The van der Waals surface area contributed by atoms with E-state index in [0.29, 0.717) is 0 Å². The Morgan fingerprint density at radius 3 is 1.35 bits per heavy atom. The minimum absolute atomic E-state index is 0.214. The first kappa shape index (κ1) is 29.8. The second-order valence-electron chi connectivity index (χ2n) is 13.3. The van der Waals surface area contributed by atoms with Crippen molar-refractivity contribution in [1.29, 1.82) is 0 Å². The van der Waals surface area contributed by atoms with Gasteiger partial charge in [0.05, 0.1) is 5.70 Å². The van der Waals surface area contributed by atoms with Crippen molar-refractivity contribution in [3.8, 4) is 0 Å². The molecule has 2 aliphatic rings. The van der Waals surface area contributed by atoms with Gasteiger partial charge in [0, 0.05) is 45.1 Å². The molecule has 0 amide bonds. The van der Waals surface area contributed by atoms with Gasteiger partial charge in [-0.3, -0.25) is 0 Å². The Morgan fingerprint density at radius 1 is 0.438 bits per heavy atom. The van der Waals surface area contributed by atoms with Crippen LogP contribution in [0.15, 0.2) is 152 Å². The summed E-state index contributed by atoms with van der Waals surface area (Å²) < 4.78 is 0. The largest absolute Gasteiger partial charge is 0.314 e. The van der Waals surface area contributed by atoms with Gasteiger partial charge in [0.1, 0.15) is 0 Å². The molecule has 1 unspecified atom stereocenters. The molecule has 0 N–H and O–H groups in total. The molecule has 0 spiro atoms. The van der Waals surface area contributed by atoms with Crippen LogP contribution in [0.5, 0.6) is 0 Å². The molecule has 2 aliphatic carbocycles. The summed E-state index contributed by atoms with van der Waals surface area (Å²) in [5.74, 6) is 0.214. The minimum atomic E-state index is 0.214. The van der Waals surface area contributed by atoms with Crippen LogP contribution in [0.1, 0.15) is 45.7 Å². The fourth-order valence-electron chi connectivity index (χ4n) is 7.36. The third kappa shape index (κ3) is 5.34. The summed E-state index contributed by atoms with van der Waals surface area (Å²) in [7, 11) is 0. The lowest BCUT2D eigenvalue weighted by Crippen LogP contribution is -2.40. The average molecular weight is 621 g/mol. The minimum Gasteiger partial charge on any atom is -0.314 e. The molecule has 8 rings (SSSR count). The number of hydrogen-bond donors (Lipinski definition) is 0. The fraction of sp³-hybridized carbons (Fsp3) is 0.130. The van der Waals surface area contributed by atoms with Gasteiger partial charge in [-0.05, 0) is 105 Å². The van der Waals surface area contributed by atoms with Crippen LogP contribution in [0.25, 0.3) is 17.0 Å². The third-order valence-electron chi connectivity index (χ3n) is 9.91. The zero-order valence-corrected chi connectivity index (χ0v) is 28.1. The van der Waals surface area contributed by atoms with Crippen molar-refractivity contribution in [3.63, 3.8) is 0 Å². The van der Waals surface area contributed by atoms with Crippen molar-refractivity contribution >= 4 is 39.7 Å². The zero-order valence-electron chi connectivity index (χ0n) is 28.1. The normalized spacial score (nSPS) is 14.8. The van der Waals surface area contributed by atoms with Gasteiger partial charge in [0.15, 0.2) is 0 Å². The quantitative estimate of drug-likeness (QED) is 0.183. The van der Waals surface area contributed by atoms with Crippen LogP contribution >= 0.6 is 0 Å². The Morgan fingerprint density at radius 2 is 0.854 bits per heavy atom. The smallest absolute Gasteiger partial charge is 0.0540 e. The molecule has 2 heteroatoms. The molecular weight excluding hydrogens is 581 g/mol. The molecule has 0 aromatic heterocycles. The summed E-state index contributed by atoms with van der Waals surface area (Å²) in [6.45, 7) is 8.62. The van der Waals surface area contributed by atoms with Crippen molar-refractivity contribution in [2.24, 2.45) is 0 Å². The number of rotatable bonds is 6. The van der Waals surface area contributed by atoms with Crippen molar-refractivity contribution in [2.75, 3.05) is 9.80 Å². The van der Waals surface area contributed by atoms with E-state index >= 15 is 0 Å². The highest BCUT2D eigenvalue weighted by Gasteiger charge is 2.34. The van der Waals surface area contributed by atoms with E-state index in [2.05, 4.69) is 189 Å². The molecule has 0 bridgehead atoms. The van der Waals surface area contributed by atoms with Gasteiger partial charge in [-0.25, -0.2) is 0 Å². The third-order valence-corrected chi connectivity index (χ3v) is 9.91. The molecule has 0 saturated carbocycles. The van der Waals surface area contributed by atoms with Crippen LogP contribution in [-0.4, -0.2) is 0 Å². The number of nitrogens with zero attached hydrogens (tertiary/aromatic N) is 2. The molecule has 6 aromatic rings. The Bertz CT molecular complexity index is 2180. The van der Waals surface area contributed by atoms with Crippen molar-refractivity contribution in [2.45, 2.75) is 40.0 Å². The highest BCUT2D eigenvalue weighted by atomic mass is 15.2. The fourth-order valence-corrected chi connectivity index (χ4v) is 7.36. The van der Waals surface area contributed by atoms with Crippen molar-refractivity contribution in [1.82, 2.24) is 0 Å². The van der Waals surface area contributed by atoms with Gasteiger partial charge in [-0.15, -0.1) is 0 Å². The molecule has 1 atom stereocenters. The van der Waals surface area contributed by atoms with Crippen LogP contribution in [0, 0.1) is 27.7 Å². The standard InChI is InChI=1S/C46H40N2/c1-31-13-21-35(22-14-31)47(36-23-15-32(2)16-24-36)45-29-43-40-10-6-8-12-42(40)46(30-44(43)39-9-5-7-11-41(39)45)48(37-25-17-33(3)18-26-37)38-27-19-34(4)20-28-38/h5-29,44H,30H2,1-4H3. The lowest BCUT2D eigenvalue weighted by atomic mass is 9.75. The number of allylic oxidation sites excluding steroid dienone is 1. The molecule has 0 saturated heterocycles. The maximum atomic E-state index is 2.49. The number of benzene rings is 6. The highest BCUT2D eigenvalue weighted by molar-refractivity contribution is 5.97. The second-order valence-corrected chi connectivity index (χ2v) is 13.3. The Labute approximate surface area is 284 Å². The van der Waals surface area contributed by atoms with Crippen LogP contribution in [-0.2, 0) is 0 Å². The Hall–Kier alpha value is -5.60. The number of fused-ring (bicyclic) bond motifs is 4. The second kappa shape index (κ2) is 12.2. The van der Waals surface area contributed by atoms with Gasteiger partial charge >= 0.3 is 0 Å². The topological polar surface area (TPSA) is 6.48 Å². The Kier molecular flexibility index (Phi) is 7.57. The van der Waals surface area contributed by atoms with E-state index in [-0.39, 0.29) is 5.92 Å². The first-order valence-electron chi connectivity index (χ1n) is 16.9. The number of aryl methyl sites for hydroxylation is 4. The van der Waals surface area contributed by atoms with E-state index in [9.17, 15) is 0 Å². The molecule has 2 nitrogen and oxygen atoms in total. The summed E-state index contributed by atoms with van der Waals surface area (Å²) in [5.41, 5.74) is 16.3. The first-order chi connectivity index (χ1) is 23.4. The predicted octanol–water partition coefficient (Wildman–Crippen LogP) is 10.4. The van der Waals surface area contributed by atoms with Gasteiger partial charge < -0.3 is 9.80 Å². The maximum absolute atomic E-state index is 2.49. The van der Waals surface area contributed by atoms with Crippen LogP contribution in [0.3, 0.4) is 0 Å². The van der Waals surface area contributed by atoms with Gasteiger partial charge in [0.25, 0.3) is 0 Å². The monoisotopic (exact) mass is 620 g/mol. The van der Waals surface area contributed by atoms with E-state index in [4.69, 9.17) is 0 Å². The molecule has 0 heterocycles. The van der Waals surface area contributed by atoms with Crippen LogP contribution < -0.4 is 20.2 Å². The summed E-state index contributed by atoms with van der Waals surface area (Å²) in [6.07, 6.45) is 3.37. The number of hydrogen-bond acceptors (Lipinski definition) is 2. The van der Waals surface area contributed by atoms with E-state index in [1.165, 1.54) is 72.2 Å². The lowest BCUT2D eigenvalue weighted by Gasteiger charge is -2.38. The zero-order chi connectivity index (χ0) is 32.8. The van der Waals surface area contributed by atoms with E-state index < -0.39 is 0 Å². The van der Waals surface area contributed by atoms with E-state index in [1.54, 1.807) is 0 Å². The summed E-state index contributed by atoms with van der Waals surface area (Å²) >= 11 is 0. The van der Waals surface area contributed by atoms with E-state index in [1.807, 2.05) is 0 Å². The summed E-state index contributed by atoms with van der Waals surface area (Å²) in [4.78, 5) is 4.93. The van der Waals surface area contributed by atoms with E-state index in [0.717, 1.165) is 17.8 Å². The molecule has 0 aliphatic heterocycles. The first-order valence-corrected chi connectivity index (χ1v) is 16.9.